The molecule has 96 valence electrons. The van der Waals surface area contributed by atoms with E-state index in [0.717, 1.165) is 10.0 Å². The van der Waals surface area contributed by atoms with E-state index in [1.54, 1.807) is 6.92 Å². The number of sulfone groups is 1. The highest BCUT2D eigenvalue weighted by atomic mass is 79.9. The van der Waals surface area contributed by atoms with Gasteiger partial charge >= 0.3 is 0 Å². The minimum absolute atomic E-state index is 0.152. The molecule has 0 aliphatic carbocycles. The van der Waals surface area contributed by atoms with E-state index in [9.17, 15) is 8.42 Å². The lowest BCUT2D eigenvalue weighted by molar-refractivity contribution is 0.573. The summed E-state index contributed by atoms with van der Waals surface area (Å²) in [6.07, 6.45) is 0. The fourth-order valence-electron chi connectivity index (χ4n) is 1.47. The molecule has 0 spiro atoms. The third kappa shape index (κ3) is 5.19. The summed E-state index contributed by atoms with van der Waals surface area (Å²) in [5.74, 6) is 0.405. The van der Waals surface area contributed by atoms with Crippen LogP contribution in [0.25, 0.3) is 0 Å². The van der Waals surface area contributed by atoms with Crippen LogP contribution < -0.4 is 5.32 Å². The zero-order valence-corrected chi connectivity index (χ0v) is 12.5. The number of benzene rings is 1. The van der Waals surface area contributed by atoms with Gasteiger partial charge in [-0.25, -0.2) is 8.42 Å². The van der Waals surface area contributed by atoms with Crippen molar-refractivity contribution in [2.45, 2.75) is 19.9 Å². The molecular weight excluding hydrogens is 302 g/mol. The van der Waals surface area contributed by atoms with Crippen molar-refractivity contribution >= 4 is 25.8 Å². The Balaban J connectivity index is 2.48. The first-order valence-corrected chi connectivity index (χ1v) is 8.25. The van der Waals surface area contributed by atoms with E-state index in [-0.39, 0.29) is 17.5 Å². The fraction of sp³-hybridized carbons (Fsp3) is 0.500. The van der Waals surface area contributed by atoms with Crippen LogP contribution >= 0.6 is 15.9 Å². The largest absolute Gasteiger partial charge is 0.309 e. The molecule has 0 amide bonds. The van der Waals surface area contributed by atoms with E-state index in [2.05, 4.69) is 21.2 Å². The predicted molar refractivity (Wildman–Crippen MR) is 74.9 cm³/mol. The Labute approximate surface area is 112 Å². The molecule has 1 N–H and O–H groups in total. The van der Waals surface area contributed by atoms with Crippen molar-refractivity contribution in [3.8, 4) is 0 Å². The fourth-order valence-corrected chi connectivity index (χ4v) is 2.60. The first kappa shape index (κ1) is 14.7. The Morgan fingerprint density at radius 3 is 2.71 bits per heavy atom. The molecule has 0 aliphatic rings. The zero-order chi connectivity index (χ0) is 12.9. The van der Waals surface area contributed by atoms with E-state index in [1.807, 2.05) is 31.2 Å². The van der Waals surface area contributed by atoms with Gasteiger partial charge < -0.3 is 5.32 Å². The predicted octanol–water partition coefficient (Wildman–Crippen LogP) is 2.53. The van der Waals surface area contributed by atoms with Crippen LogP contribution in [0.15, 0.2) is 28.7 Å². The minimum Gasteiger partial charge on any atom is -0.309 e. The van der Waals surface area contributed by atoms with Crippen LogP contribution in [-0.4, -0.2) is 26.5 Å². The second kappa shape index (κ2) is 6.52. The molecule has 1 unspecified atom stereocenters. The lowest BCUT2D eigenvalue weighted by Gasteiger charge is -2.14. The van der Waals surface area contributed by atoms with Crippen LogP contribution in [0.5, 0.6) is 0 Å². The average Bonchev–Trinajstić information content (AvgIpc) is 2.28. The molecule has 1 aromatic carbocycles. The summed E-state index contributed by atoms with van der Waals surface area (Å²) in [6, 6.07) is 8.15. The van der Waals surface area contributed by atoms with Gasteiger partial charge in [-0.05, 0) is 24.6 Å². The molecule has 0 fully saturated rings. The number of nitrogens with one attached hydrogen (secondary N) is 1. The van der Waals surface area contributed by atoms with Crippen molar-refractivity contribution < 1.29 is 8.42 Å². The van der Waals surface area contributed by atoms with Gasteiger partial charge in [0.1, 0.15) is 0 Å². The van der Waals surface area contributed by atoms with Crippen LogP contribution in [0.3, 0.4) is 0 Å². The third-order valence-corrected chi connectivity index (χ3v) is 4.85. The SMILES string of the molecule is CCS(=O)(=O)CCNC(C)c1cccc(Br)c1. The summed E-state index contributed by atoms with van der Waals surface area (Å²) in [5, 5.41) is 3.22. The Bertz CT molecular complexity index is 459. The average molecular weight is 320 g/mol. The van der Waals surface area contributed by atoms with Gasteiger partial charge in [-0.2, -0.15) is 0 Å². The second-order valence-electron chi connectivity index (χ2n) is 3.97. The maximum atomic E-state index is 11.3. The summed E-state index contributed by atoms with van der Waals surface area (Å²) in [5.41, 5.74) is 1.15. The maximum absolute atomic E-state index is 11.3. The molecule has 0 aromatic heterocycles. The molecule has 0 heterocycles. The maximum Gasteiger partial charge on any atom is 0.151 e. The Morgan fingerprint density at radius 2 is 2.12 bits per heavy atom. The Kier molecular flexibility index (Phi) is 5.62. The monoisotopic (exact) mass is 319 g/mol. The number of rotatable bonds is 6. The number of hydrogen-bond acceptors (Lipinski definition) is 3. The zero-order valence-electron chi connectivity index (χ0n) is 10.1. The number of halogens is 1. The van der Waals surface area contributed by atoms with E-state index in [4.69, 9.17) is 0 Å². The normalized spacial score (nSPS) is 13.6. The van der Waals surface area contributed by atoms with Gasteiger partial charge in [0.15, 0.2) is 9.84 Å². The highest BCUT2D eigenvalue weighted by Crippen LogP contribution is 2.17. The van der Waals surface area contributed by atoms with Crippen molar-refractivity contribution in [1.82, 2.24) is 5.32 Å². The lowest BCUT2D eigenvalue weighted by Crippen LogP contribution is -2.26. The summed E-state index contributed by atoms with van der Waals surface area (Å²) >= 11 is 3.42. The van der Waals surface area contributed by atoms with Crippen molar-refractivity contribution in [3.05, 3.63) is 34.3 Å². The van der Waals surface area contributed by atoms with Gasteiger partial charge in [0.05, 0.1) is 5.75 Å². The van der Waals surface area contributed by atoms with Gasteiger partial charge in [0.2, 0.25) is 0 Å². The van der Waals surface area contributed by atoms with Crippen LogP contribution in [0.4, 0.5) is 0 Å². The van der Waals surface area contributed by atoms with E-state index >= 15 is 0 Å². The van der Waals surface area contributed by atoms with Crippen LogP contribution in [-0.2, 0) is 9.84 Å². The molecule has 5 heteroatoms. The topological polar surface area (TPSA) is 46.2 Å². The molecule has 17 heavy (non-hydrogen) atoms. The molecule has 0 radical (unpaired) electrons. The Hall–Kier alpha value is -0.390. The molecule has 1 rings (SSSR count). The van der Waals surface area contributed by atoms with Crippen molar-refractivity contribution in [2.24, 2.45) is 0 Å². The van der Waals surface area contributed by atoms with Gasteiger partial charge in [-0.1, -0.05) is 35.0 Å². The van der Waals surface area contributed by atoms with Crippen molar-refractivity contribution in [2.75, 3.05) is 18.1 Å². The molecule has 3 nitrogen and oxygen atoms in total. The number of hydrogen-bond donors (Lipinski definition) is 1. The first-order valence-electron chi connectivity index (χ1n) is 5.64. The molecule has 1 aromatic rings. The molecule has 0 saturated heterocycles. The molecule has 0 aliphatic heterocycles. The first-order chi connectivity index (χ1) is 7.94. The molecule has 1 atom stereocenters. The van der Waals surface area contributed by atoms with Gasteiger partial charge in [-0.3, -0.25) is 0 Å². The minimum atomic E-state index is -2.88. The third-order valence-electron chi connectivity index (χ3n) is 2.65. The molecule has 0 bridgehead atoms. The summed E-state index contributed by atoms with van der Waals surface area (Å²) < 4.78 is 23.7. The van der Waals surface area contributed by atoms with Gasteiger partial charge in [0, 0.05) is 22.8 Å². The highest BCUT2D eigenvalue weighted by molar-refractivity contribution is 9.10. The van der Waals surface area contributed by atoms with Gasteiger partial charge in [0.25, 0.3) is 0 Å². The standard InChI is InChI=1S/C12H18BrNO2S/c1-3-17(15,16)8-7-14-10(2)11-5-4-6-12(13)9-11/h4-6,9-10,14H,3,7-8H2,1-2H3. The van der Waals surface area contributed by atoms with Crippen LogP contribution in [0.2, 0.25) is 0 Å². The summed E-state index contributed by atoms with van der Waals surface area (Å²) in [6.45, 7) is 4.19. The van der Waals surface area contributed by atoms with Crippen LogP contribution in [0.1, 0.15) is 25.5 Å². The smallest absolute Gasteiger partial charge is 0.151 e. The second-order valence-corrected chi connectivity index (χ2v) is 7.36. The van der Waals surface area contributed by atoms with E-state index in [1.165, 1.54) is 0 Å². The van der Waals surface area contributed by atoms with Crippen molar-refractivity contribution in [3.63, 3.8) is 0 Å². The summed E-state index contributed by atoms with van der Waals surface area (Å²) in [7, 11) is -2.88. The highest BCUT2D eigenvalue weighted by Gasteiger charge is 2.09. The lowest BCUT2D eigenvalue weighted by atomic mass is 10.1. The van der Waals surface area contributed by atoms with E-state index in [0.29, 0.717) is 6.54 Å². The quantitative estimate of drug-likeness (QED) is 0.876. The van der Waals surface area contributed by atoms with Gasteiger partial charge in [-0.15, -0.1) is 0 Å². The van der Waals surface area contributed by atoms with E-state index < -0.39 is 9.84 Å². The Morgan fingerprint density at radius 1 is 1.41 bits per heavy atom. The van der Waals surface area contributed by atoms with Crippen LogP contribution in [0, 0.1) is 0 Å². The molecular formula is C12H18BrNO2S. The van der Waals surface area contributed by atoms with Crippen molar-refractivity contribution in [1.29, 1.82) is 0 Å². The molecule has 0 saturated carbocycles. The summed E-state index contributed by atoms with van der Waals surface area (Å²) in [4.78, 5) is 0.